The van der Waals surface area contributed by atoms with Crippen molar-refractivity contribution < 1.29 is 36.9 Å². The highest BCUT2D eigenvalue weighted by Crippen LogP contribution is 2.43. The maximum atomic E-state index is 14.3. The summed E-state index contributed by atoms with van der Waals surface area (Å²) in [5.41, 5.74) is 1.38. The van der Waals surface area contributed by atoms with E-state index in [1.807, 2.05) is 0 Å². The first-order valence-electron chi connectivity index (χ1n) is 10.6. The molecule has 1 heterocycles. The van der Waals surface area contributed by atoms with Crippen LogP contribution in [0.5, 0.6) is 11.5 Å². The lowest BCUT2D eigenvalue weighted by Gasteiger charge is -2.32. The van der Waals surface area contributed by atoms with Gasteiger partial charge >= 0.3 is 12.3 Å². The number of nitrogens with zero attached hydrogens (tertiary/aromatic N) is 1. The third-order valence-electron chi connectivity index (χ3n) is 5.79. The van der Waals surface area contributed by atoms with Crippen LogP contribution in [0.15, 0.2) is 30.3 Å². The van der Waals surface area contributed by atoms with E-state index in [2.05, 4.69) is 9.64 Å². The maximum absolute atomic E-state index is 14.3. The van der Waals surface area contributed by atoms with Gasteiger partial charge in [-0.2, -0.15) is 0 Å². The molecule has 1 aliphatic heterocycles. The summed E-state index contributed by atoms with van der Waals surface area (Å²) in [6.45, 7) is 1.78. The Bertz CT molecular complexity index is 1040. The van der Waals surface area contributed by atoms with Crippen LogP contribution in [0.2, 0.25) is 5.02 Å². The lowest BCUT2D eigenvalue weighted by atomic mass is 9.98. The van der Waals surface area contributed by atoms with Gasteiger partial charge in [-0.1, -0.05) is 11.6 Å². The Morgan fingerprint density at radius 3 is 2.29 bits per heavy atom. The molecule has 1 N–H and O–H groups in total. The molecule has 5 nitrogen and oxygen atoms in total. The molecule has 11 heteroatoms. The Morgan fingerprint density at radius 1 is 1.06 bits per heavy atom. The van der Waals surface area contributed by atoms with Gasteiger partial charge < -0.3 is 14.6 Å². The Hall–Kier alpha value is -2.23. The van der Waals surface area contributed by atoms with Gasteiger partial charge in [0.2, 0.25) is 0 Å². The van der Waals surface area contributed by atoms with Crippen molar-refractivity contribution >= 4 is 30.0 Å². The highest BCUT2D eigenvalue weighted by Gasteiger charge is 2.32. The number of alkyl halides is 3. The van der Waals surface area contributed by atoms with Gasteiger partial charge in [0.15, 0.2) is 0 Å². The van der Waals surface area contributed by atoms with Crippen molar-refractivity contribution in [3.8, 4) is 11.5 Å². The number of carboxylic acid groups (broad SMARTS) is 1. The van der Waals surface area contributed by atoms with Gasteiger partial charge in [0.05, 0.1) is 5.56 Å². The van der Waals surface area contributed by atoms with E-state index < -0.39 is 23.9 Å². The third kappa shape index (κ3) is 6.90. The van der Waals surface area contributed by atoms with E-state index >= 15 is 0 Å². The number of aromatic carboxylic acids is 1. The number of rotatable bonds is 7. The summed E-state index contributed by atoms with van der Waals surface area (Å²) < 4.78 is 61.5. The molecule has 186 valence electrons. The van der Waals surface area contributed by atoms with E-state index in [-0.39, 0.29) is 40.8 Å². The van der Waals surface area contributed by atoms with Gasteiger partial charge in [0.25, 0.3) is 0 Å². The van der Waals surface area contributed by atoms with E-state index in [9.17, 15) is 27.5 Å². The number of likely N-dealkylation sites (tertiary alicyclic amines) is 1. The van der Waals surface area contributed by atoms with Crippen molar-refractivity contribution in [1.29, 1.82) is 0 Å². The van der Waals surface area contributed by atoms with Crippen molar-refractivity contribution in [2.45, 2.75) is 50.6 Å². The minimum Gasteiger partial charge on any atom is -0.490 e. The fourth-order valence-electron chi connectivity index (χ4n) is 4.12. The molecule has 2 aromatic rings. The van der Waals surface area contributed by atoms with Gasteiger partial charge in [0.1, 0.15) is 23.4 Å². The molecule has 0 amide bonds. The molecule has 1 saturated heterocycles. The smallest absolute Gasteiger partial charge is 0.490 e. The van der Waals surface area contributed by atoms with Crippen molar-refractivity contribution in [2.24, 2.45) is 0 Å². The number of carbonyl (C=O) groups is 1. The molecular weight excluding hydrogens is 501 g/mol. The largest absolute Gasteiger partial charge is 0.573 e. The van der Waals surface area contributed by atoms with E-state index in [0.717, 1.165) is 36.1 Å². The van der Waals surface area contributed by atoms with Crippen molar-refractivity contribution in [2.75, 3.05) is 13.1 Å². The summed E-state index contributed by atoms with van der Waals surface area (Å²) in [5.74, 6) is -1.98. The molecule has 0 aromatic heterocycles. The fraction of sp³-hybridized carbons (Fsp3) is 0.435. The Kier molecular flexibility index (Phi) is 8.21. The topological polar surface area (TPSA) is 59.0 Å². The SMILES string of the molecule is Cl.O=C(O)c1cc(C2CC2)c(CN2CCC(Oc3cc(Cl)cc(OC(F)(F)F)c3)CC2)cc1F. The molecule has 2 aromatic carbocycles. The van der Waals surface area contributed by atoms with Gasteiger partial charge in [-0.05, 0) is 67.0 Å². The lowest BCUT2D eigenvalue weighted by Crippen LogP contribution is -2.38. The molecule has 0 bridgehead atoms. The zero-order chi connectivity index (χ0) is 23.8. The summed E-state index contributed by atoms with van der Waals surface area (Å²) in [5, 5.41) is 9.28. The second-order valence-electron chi connectivity index (χ2n) is 8.37. The van der Waals surface area contributed by atoms with Gasteiger partial charge in [-0.15, -0.1) is 25.6 Å². The lowest BCUT2D eigenvalue weighted by molar-refractivity contribution is -0.274. The van der Waals surface area contributed by atoms with Crippen LogP contribution >= 0.6 is 24.0 Å². The summed E-state index contributed by atoms with van der Waals surface area (Å²) in [6, 6.07) is 6.44. The van der Waals surface area contributed by atoms with Crippen LogP contribution in [-0.2, 0) is 6.54 Å². The Morgan fingerprint density at radius 2 is 1.71 bits per heavy atom. The average Bonchev–Trinajstić information content (AvgIpc) is 3.52. The van der Waals surface area contributed by atoms with E-state index in [0.29, 0.717) is 32.5 Å². The quantitative estimate of drug-likeness (QED) is 0.424. The van der Waals surface area contributed by atoms with Crippen LogP contribution in [0.1, 0.15) is 53.1 Å². The van der Waals surface area contributed by atoms with Crippen molar-refractivity contribution in [1.82, 2.24) is 4.90 Å². The van der Waals surface area contributed by atoms with Crippen LogP contribution in [-0.4, -0.2) is 41.5 Å². The molecule has 1 aliphatic carbocycles. The first-order chi connectivity index (χ1) is 15.6. The molecule has 0 spiro atoms. The van der Waals surface area contributed by atoms with Crippen molar-refractivity contribution in [3.05, 3.63) is 57.9 Å². The number of ether oxygens (including phenoxy) is 2. The second-order valence-corrected chi connectivity index (χ2v) is 8.81. The molecular formula is C23H23Cl2F4NO4. The molecule has 34 heavy (non-hydrogen) atoms. The van der Waals surface area contributed by atoms with Crippen molar-refractivity contribution in [3.63, 3.8) is 0 Å². The predicted molar refractivity (Wildman–Crippen MR) is 120 cm³/mol. The Balaban J connectivity index is 0.00000324. The van der Waals surface area contributed by atoms with Crippen LogP contribution < -0.4 is 9.47 Å². The Labute approximate surface area is 205 Å². The van der Waals surface area contributed by atoms with Crippen LogP contribution in [0.3, 0.4) is 0 Å². The first kappa shape index (κ1) is 26.4. The fourth-order valence-corrected chi connectivity index (χ4v) is 4.34. The van der Waals surface area contributed by atoms with Crippen LogP contribution in [0.4, 0.5) is 17.6 Å². The van der Waals surface area contributed by atoms with E-state index in [4.69, 9.17) is 16.3 Å². The number of benzene rings is 2. The normalized spacial score (nSPS) is 17.2. The number of hydrogen-bond acceptors (Lipinski definition) is 4. The van der Waals surface area contributed by atoms with Gasteiger partial charge in [-0.3, -0.25) is 4.90 Å². The first-order valence-corrected chi connectivity index (χ1v) is 11.0. The van der Waals surface area contributed by atoms with E-state index in [1.54, 1.807) is 0 Å². The van der Waals surface area contributed by atoms with Crippen LogP contribution in [0.25, 0.3) is 0 Å². The number of piperidine rings is 1. The predicted octanol–water partition coefficient (Wildman–Crippen LogP) is 6.42. The molecule has 4 rings (SSSR count). The third-order valence-corrected chi connectivity index (χ3v) is 6.00. The van der Waals surface area contributed by atoms with Gasteiger partial charge in [-0.25, -0.2) is 9.18 Å². The minimum absolute atomic E-state index is 0. The zero-order valence-electron chi connectivity index (χ0n) is 17.9. The van der Waals surface area contributed by atoms with E-state index in [1.165, 1.54) is 18.2 Å². The average molecular weight is 524 g/mol. The molecule has 0 unspecified atom stereocenters. The van der Waals surface area contributed by atoms with Gasteiger partial charge in [0, 0.05) is 30.7 Å². The number of halogens is 6. The summed E-state index contributed by atoms with van der Waals surface area (Å²) in [4.78, 5) is 13.4. The minimum atomic E-state index is -4.82. The molecule has 2 aliphatic rings. The molecule has 1 saturated carbocycles. The number of carboxylic acids is 1. The zero-order valence-corrected chi connectivity index (χ0v) is 19.5. The summed E-state index contributed by atoms with van der Waals surface area (Å²) >= 11 is 5.90. The highest BCUT2D eigenvalue weighted by atomic mass is 35.5. The maximum Gasteiger partial charge on any atom is 0.573 e. The molecule has 0 radical (unpaired) electrons. The number of hydrogen-bond donors (Lipinski definition) is 1. The summed E-state index contributed by atoms with van der Waals surface area (Å²) in [6.07, 6.45) is -1.87. The molecule has 0 atom stereocenters. The standard InChI is InChI=1S/C23H22ClF4NO4.ClH/c24-15-8-17(10-18(9-15)33-23(26,27)28)32-16-3-5-29(6-4-16)12-14-7-21(25)20(22(30)31)11-19(14)13-1-2-13;/h7-11,13,16H,1-6,12H2,(H,30,31);1H. The van der Waals surface area contributed by atoms with Crippen LogP contribution in [0, 0.1) is 5.82 Å². The highest BCUT2D eigenvalue weighted by molar-refractivity contribution is 6.30. The monoisotopic (exact) mass is 523 g/mol. The second kappa shape index (κ2) is 10.6. The summed E-state index contributed by atoms with van der Waals surface area (Å²) in [7, 11) is 0. The molecule has 2 fully saturated rings.